The first-order valence-corrected chi connectivity index (χ1v) is 7.36. The minimum absolute atomic E-state index is 0.0404. The van der Waals surface area contributed by atoms with Crippen molar-refractivity contribution in [3.63, 3.8) is 0 Å². The standard InChI is InChI=1S/C18H16N2O4/c1-20-13-8-4-2-6-11(13)17(18(23)24)14(20)10-16(22)19-12-7-3-5-9-15(12)21/h2-9,21H,10H2,1H3,(H,19,22)(H,23,24). The summed E-state index contributed by atoms with van der Waals surface area (Å²) in [7, 11) is 1.73. The van der Waals surface area contributed by atoms with Crippen LogP contribution in [0.15, 0.2) is 48.5 Å². The summed E-state index contributed by atoms with van der Waals surface area (Å²) in [5, 5.41) is 22.5. The number of phenolic OH excluding ortho intramolecular Hbond substituents is 1. The number of amides is 1. The Morgan fingerprint density at radius 2 is 1.75 bits per heavy atom. The second-order valence-corrected chi connectivity index (χ2v) is 5.45. The zero-order valence-corrected chi connectivity index (χ0v) is 13.0. The van der Waals surface area contributed by atoms with Crippen LogP contribution in [0.4, 0.5) is 5.69 Å². The third-order valence-corrected chi connectivity index (χ3v) is 3.95. The summed E-state index contributed by atoms with van der Waals surface area (Å²) in [6.07, 6.45) is -0.110. The molecule has 0 atom stereocenters. The summed E-state index contributed by atoms with van der Waals surface area (Å²) in [6, 6.07) is 13.5. The molecule has 3 N–H and O–H groups in total. The van der Waals surface area contributed by atoms with Gasteiger partial charge in [-0.15, -0.1) is 0 Å². The highest BCUT2D eigenvalue weighted by atomic mass is 16.4. The van der Waals surface area contributed by atoms with E-state index in [2.05, 4.69) is 5.32 Å². The van der Waals surface area contributed by atoms with Gasteiger partial charge in [0.05, 0.1) is 17.7 Å². The van der Waals surface area contributed by atoms with Crippen LogP contribution in [0, 0.1) is 0 Å². The molecule has 1 aromatic heterocycles. The molecule has 0 spiro atoms. The highest BCUT2D eigenvalue weighted by molar-refractivity contribution is 6.06. The van der Waals surface area contributed by atoms with E-state index in [0.717, 1.165) is 5.52 Å². The maximum absolute atomic E-state index is 12.3. The molecular weight excluding hydrogens is 308 g/mol. The lowest BCUT2D eigenvalue weighted by atomic mass is 10.1. The number of benzene rings is 2. The molecule has 2 aromatic carbocycles. The normalized spacial score (nSPS) is 10.7. The smallest absolute Gasteiger partial charge is 0.338 e. The van der Waals surface area contributed by atoms with Crippen LogP contribution in [0.5, 0.6) is 5.75 Å². The predicted octanol–water partition coefficient (Wildman–Crippen LogP) is 2.76. The van der Waals surface area contributed by atoms with Gasteiger partial charge in [0.25, 0.3) is 0 Å². The average Bonchev–Trinajstić information content (AvgIpc) is 2.83. The molecule has 0 unspecified atom stereocenters. The number of carboxylic acid groups (broad SMARTS) is 1. The predicted molar refractivity (Wildman–Crippen MR) is 90.3 cm³/mol. The molecule has 122 valence electrons. The molecule has 0 fully saturated rings. The fraction of sp³-hybridized carbons (Fsp3) is 0.111. The van der Waals surface area contributed by atoms with E-state index in [1.807, 2.05) is 12.1 Å². The van der Waals surface area contributed by atoms with E-state index >= 15 is 0 Å². The molecular formula is C18H16N2O4. The van der Waals surface area contributed by atoms with E-state index in [4.69, 9.17) is 0 Å². The third kappa shape index (κ3) is 2.69. The molecule has 0 aliphatic rings. The largest absolute Gasteiger partial charge is 0.506 e. The number of fused-ring (bicyclic) bond motifs is 1. The number of anilines is 1. The van der Waals surface area contributed by atoms with Gasteiger partial charge in [0.1, 0.15) is 5.75 Å². The maximum atomic E-state index is 12.3. The summed E-state index contributed by atoms with van der Waals surface area (Å²) in [4.78, 5) is 24.0. The van der Waals surface area contributed by atoms with Crippen molar-refractivity contribution in [1.82, 2.24) is 4.57 Å². The van der Waals surface area contributed by atoms with Crippen LogP contribution in [-0.4, -0.2) is 26.7 Å². The van der Waals surface area contributed by atoms with Crippen LogP contribution in [0.3, 0.4) is 0 Å². The number of carbonyl (C=O) groups is 2. The number of rotatable bonds is 4. The van der Waals surface area contributed by atoms with E-state index in [0.29, 0.717) is 11.1 Å². The Morgan fingerprint density at radius 1 is 1.08 bits per heavy atom. The van der Waals surface area contributed by atoms with Crippen LogP contribution in [0.2, 0.25) is 0 Å². The first-order chi connectivity index (χ1) is 11.5. The van der Waals surface area contributed by atoms with Crippen LogP contribution >= 0.6 is 0 Å². The molecule has 0 aliphatic heterocycles. The second-order valence-electron chi connectivity index (χ2n) is 5.45. The highest BCUT2D eigenvalue weighted by Gasteiger charge is 2.22. The molecule has 1 heterocycles. The van der Waals surface area contributed by atoms with Crippen LogP contribution in [0.25, 0.3) is 10.9 Å². The van der Waals surface area contributed by atoms with Crippen LogP contribution in [0.1, 0.15) is 16.1 Å². The van der Waals surface area contributed by atoms with Crippen LogP contribution < -0.4 is 5.32 Å². The summed E-state index contributed by atoms with van der Waals surface area (Å²) in [5.41, 5.74) is 1.58. The molecule has 3 aromatic rings. The lowest BCUT2D eigenvalue weighted by Crippen LogP contribution is -2.18. The lowest BCUT2D eigenvalue weighted by Gasteiger charge is -2.09. The zero-order valence-electron chi connectivity index (χ0n) is 13.0. The summed E-state index contributed by atoms with van der Waals surface area (Å²) in [6.45, 7) is 0. The van der Waals surface area contributed by atoms with Gasteiger partial charge >= 0.3 is 5.97 Å². The first-order valence-electron chi connectivity index (χ1n) is 7.36. The van der Waals surface area contributed by atoms with Gasteiger partial charge in [-0.2, -0.15) is 0 Å². The topological polar surface area (TPSA) is 91.6 Å². The number of phenols is 1. The number of carboxylic acids is 1. The number of para-hydroxylation sites is 3. The molecule has 6 heteroatoms. The van der Waals surface area contributed by atoms with E-state index < -0.39 is 11.9 Å². The lowest BCUT2D eigenvalue weighted by molar-refractivity contribution is -0.115. The number of carbonyl (C=O) groups excluding carboxylic acids is 1. The van der Waals surface area contributed by atoms with Crippen molar-refractivity contribution < 1.29 is 19.8 Å². The van der Waals surface area contributed by atoms with Crippen molar-refractivity contribution in [2.75, 3.05) is 5.32 Å². The Labute approximate surface area is 138 Å². The summed E-state index contributed by atoms with van der Waals surface area (Å²) >= 11 is 0. The highest BCUT2D eigenvalue weighted by Crippen LogP contribution is 2.27. The molecule has 3 rings (SSSR count). The second kappa shape index (κ2) is 6.08. The third-order valence-electron chi connectivity index (χ3n) is 3.95. The minimum atomic E-state index is -1.07. The Morgan fingerprint density at radius 3 is 2.46 bits per heavy atom. The molecule has 0 saturated carbocycles. The van der Waals surface area contributed by atoms with Gasteiger partial charge in [0, 0.05) is 23.6 Å². The number of nitrogens with one attached hydrogen (secondary N) is 1. The van der Waals surface area contributed by atoms with Crippen molar-refractivity contribution in [1.29, 1.82) is 0 Å². The van der Waals surface area contributed by atoms with Crippen molar-refractivity contribution in [2.24, 2.45) is 7.05 Å². The quantitative estimate of drug-likeness (QED) is 0.644. The van der Waals surface area contributed by atoms with Crippen molar-refractivity contribution in [3.8, 4) is 5.75 Å². The molecule has 0 bridgehead atoms. The number of hydrogen-bond acceptors (Lipinski definition) is 3. The molecule has 24 heavy (non-hydrogen) atoms. The number of aromatic hydroxyl groups is 1. The summed E-state index contributed by atoms with van der Waals surface area (Å²) < 4.78 is 1.71. The summed E-state index contributed by atoms with van der Waals surface area (Å²) in [5.74, 6) is -1.51. The Hall–Kier alpha value is -3.28. The minimum Gasteiger partial charge on any atom is -0.506 e. The van der Waals surface area contributed by atoms with Crippen LogP contribution in [-0.2, 0) is 18.3 Å². The Bertz CT molecular complexity index is 943. The van der Waals surface area contributed by atoms with Gasteiger partial charge in [0.15, 0.2) is 0 Å². The molecule has 6 nitrogen and oxygen atoms in total. The van der Waals surface area contributed by atoms with Gasteiger partial charge in [-0.1, -0.05) is 30.3 Å². The van der Waals surface area contributed by atoms with Crippen molar-refractivity contribution >= 4 is 28.5 Å². The van der Waals surface area contributed by atoms with Crippen molar-refractivity contribution in [3.05, 3.63) is 59.8 Å². The van der Waals surface area contributed by atoms with E-state index in [9.17, 15) is 19.8 Å². The van der Waals surface area contributed by atoms with Gasteiger partial charge in [-0.05, 0) is 18.2 Å². The monoisotopic (exact) mass is 324 g/mol. The number of aromatic nitrogens is 1. The van der Waals surface area contributed by atoms with E-state index in [-0.39, 0.29) is 23.4 Å². The molecule has 0 aliphatic carbocycles. The van der Waals surface area contributed by atoms with Gasteiger partial charge in [-0.25, -0.2) is 4.79 Å². The van der Waals surface area contributed by atoms with E-state index in [1.54, 1.807) is 41.9 Å². The number of nitrogens with zero attached hydrogens (tertiary/aromatic N) is 1. The SMILES string of the molecule is Cn1c(CC(=O)Nc2ccccc2O)c(C(=O)O)c2ccccc21. The van der Waals surface area contributed by atoms with Gasteiger partial charge < -0.3 is 20.1 Å². The average molecular weight is 324 g/mol. The Kier molecular flexibility index (Phi) is 3.95. The zero-order chi connectivity index (χ0) is 17.3. The Balaban J connectivity index is 1.96. The first kappa shape index (κ1) is 15.6. The fourth-order valence-electron chi connectivity index (χ4n) is 2.82. The van der Waals surface area contributed by atoms with Gasteiger partial charge in [0.2, 0.25) is 5.91 Å². The van der Waals surface area contributed by atoms with Gasteiger partial charge in [-0.3, -0.25) is 4.79 Å². The molecule has 0 radical (unpaired) electrons. The number of aromatic carboxylic acids is 1. The van der Waals surface area contributed by atoms with Crippen molar-refractivity contribution in [2.45, 2.75) is 6.42 Å². The van der Waals surface area contributed by atoms with E-state index in [1.165, 1.54) is 6.07 Å². The molecule has 0 saturated heterocycles. The number of hydrogen-bond donors (Lipinski definition) is 3. The maximum Gasteiger partial charge on any atom is 0.338 e. The molecule has 1 amide bonds. The fourth-order valence-corrected chi connectivity index (χ4v) is 2.82. The number of aryl methyl sites for hydroxylation is 1.